The highest BCUT2D eigenvalue weighted by molar-refractivity contribution is 5.87. The Bertz CT molecular complexity index is 304. The lowest BCUT2D eigenvalue weighted by Gasteiger charge is -2.24. The molecule has 2 rings (SSSR count). The van der Waals surface area contributed by atoms with Gasteiger partial charge in [-0.25, -0.2) is 4.79 Å². The average Bonchev–Trinajstić information content (AvgIpc) is 2.89. The molecule has 1 aliphatic carbocycles. The molecule has 1 saturated heterocycles. The van der Waals surface area contributed by atoms with E-state index in [1.807, 2.05) is 0 Å². The minimum Gasteiger partial charge on any atom is -0.479 e. The van der Waals surface area contributed by atoms with Crippen molar-refractivity contribution in [2.45, 2.75) is 44.1 Å². The normalized spacial score (nSPS) is 29.4. The monoisotopic (exact) mass is 241 g/mol. The summed E-state index contributed by atoms with van der Waals surface area (Å²) in [6.45, 7) is 0.481. The second-order valence-electron chi connectivity index (χ2n) is 5.09. The van der Waals surface area contributed by atoms with Crippen LogP contribution in [0.15, 0.2) is 0 Å². The fraction of sp³-hybridized carbons (Fsp3) is 0.833. The van der Waals surface area contributed by atoms with Gasteiger partial charge in [0.2, 0.25) is 5.91 Å². The maximum absolute atomic E-state index is 11.8. The van der Waals surface area contributed by atoms with Gasteiger partial charge in [0.15, 0.2) is 5.54 Å². The molecule has 0 spiro atoms. The van der Waals surface area contributed by atoms with Crippen molar-refractivity contribution in [3.05, 3.63) is 0 Å². The maximum atomic E-state index is 11.8. The number of hydrogen-bond acceptors (Lipinski definition) is 3. The number of nitrogens with one attached hydrogen (secondary N) is 1. The van der Waals surface area contributed by atoms with Crippen molar-refractivity contribution in [2.24, 2.45) is 5.92 Å². The molecule has 2 aliphatic rings. The second kappa shape index (κ2) is 5.04. The van der Waals surface area contributed by atoms with Crippen LogP contribution in [-0.4, -0.2) is 35.7 Å². The number of hydrogen-bond donors (Lipinski definition) is 2. The molecule has 2 N–H and O–H groups in total. The van der Waals surface area contributed by atoms with Crippen molar-refractivity contribution in [2.75, 3.05) is 13.2 Å². The molecule has 1 amide bonds. The van der Waals surface area contributed by atoms with E-state index in [1.54, 1.807) is 0 Å². The Kier molecular flexibility index (Phi) is 3.66. The topological polar surface area (TPSA) is 75.6 Å². The van der Waals surface area contributed by atoms with Crippen LogP contribution in [0.4, 0.5) is 0 Å². The van der Waals surface area contributed by atoms with E-state index in [-0.39, 0.29) is 12.5 Å². The SMILES string of the molecule is O=C(CC1CCCC1)NC1(C(=O)O)CCOC1. The number of aliphatic carboxylic acids is 1. The van der Waals surface area contributed by atoms with Gasteiger partial charge in [-0.1, -0.05) is 12.8 Å². The van der Waals surface area contributed by atoms with Gasteiger partial charge >= 0.3 is 5.97 Å². The largest absolute Gasteiger partial charge is 0.479 e. The van der Waals surface area contributed by atoms with Gasteiger partial charge in [0, 0.05) is 19.4 Å². The predicted molar refractivity (Wildman–Crippen MR) is 60.5 cm³/mol. The zero-order valence-electron chi connectivity index (χ0n) is 9.91. The molecule has 1 aliphatic heterocycles. The Morgan fingerprint density at radius 2 is 2.06 bits per heavy atom. The number of carboxylic acids is 1. The summed E-state index contributed by atoms with van der Waals surface area (Å²) in [6, 6.07) is 0. The van der Waals surface area contributed by atoms with Crippen molar-refractivity contribution < 1.29 is 19.4 Å². The summed E-state index contributed by atoms with van der Waals surface area (Å²) in [7, 11) is 0. The molecule has 0 radical (unpaired) electrons. The summed E-state index contributed by atoms with van der Waals surface area (Å²) >= 11 is 0. The lowest BCUT2D eigenvalue weighted by Crippen LogP contribution is -2.55. The van der Waals surface area contributed by atoms with Gasteiger partial charge in [-0.05, 0) is 18.8 Å². The molecule has 1 atom stereocenters. The van der Waals surface area contributed by atoms with Crippen LogP contribution in [0, 0.1) is 5.92 Å². The van der Waals surface area contributed by atoms with Gasteiger partial charge in [-0.2, -0.15) is 0 Å². The third-order valence-corrected chi connectivity index (χ3v) is 3.76. The molecule has 5 nitrogen and oxygen atoms in total. The third-order valence-electron chi connectivity index (χ3n) is 3.76. The first-order valence-electron chi connectivity index (χ1n) is 6.24. The lowest BCUT2D eigenvalue weighted by molar-refractivity contribution is -0.147. The fourth-order valence-electron chi connectivity index (χ4n) is 2.68. The second-order valence-corrected chi connectivity index (χ2v) is 5.09. The molecule has 17 heavy (non-hydrogen) atoms. The molecule has 1 unspecified atom stereocenters. The van der Waals surface area contributed by atoms with Gasteiger partial charge < -0.3 is 15.2 Å². The number of rotatable bonds is 4. The van der Waals surface area contributed by atoms with Crippen LogP contribution in [0.25, 0.3) is 0 Å². The van der Waals surface area contributed by atoms with Gasteiger partial charge in [0.1, 0.15) is 0 Å². The predicted octanol–water partition coefficient (Wildman–Crippen LogP) is 0.927. The van der Waals surface area contributed by atoms with Crippen LogP contribution < -0.4 is 5.32 Å². The van der Waals surface area contributed by atoms with Crippen molar-refractivity contribution in [1.29, 1.82) is 0 Å². The number of amides is 1. The van der Waals surface area contributed by atoms with Gasteiger partial charge in [-0.3, -0.25) is 4.79 Å². The minimum absolute atomic E-state index is 0.0821. The molecule has 96 valence electrons. The zero-order chi connectivity index (χ0) is 12.3. The molecular formula is C12H19NO4. The average molecular weight is 241 g/mol. The van der Waals surface area contributed by atoms with Gasteiger partial charge in [0.05, 0.1) is 6.61 Å². The van der Waals surface area contributed by atoms with Crippen LogP contribution >= 0.6 is 0 Å². The Hall–Kier alpha value is -1.10. The standard InChI is InChI=1S/C12H19NO4/c14-10(7-9-3-1-2-4-9)13-12(11(15)16)5-6-17-8-12/h9H,1-8H2,(H,13,14)(H,15,16). The lowest BCUT2D eigenvalue weighted by atomic mass is 9.97. The molecule has 0 bridgehead atoms. The fourth-order valence-corrected chi connectivity index (χ4v) is 2.68. The molecule has 0 aromatic carbocycles. The van der Waals surface area contributed by atoms with E-state index >= 15 is 0 Å². The van der Waals surface area contributed by atoms with E-state index in [0.29, 0.717) is 25.4 Å². The summed E-state index contributed by atoms with van der Waals surface area (Å²) < 4.78 is 5.10. The summed E-state index contributed by atoms with van der Waals surface area (Å²) in [4.78, 5) is 23.0. The molecule has 0 aromatic rings. The molecule has 0 aromatic heterocycles. The van der Waals surface area contributed by atoms with E-state index < -0.39 is 11.5 Å². The van der Waals surface area contributed by atoms with Crippen molar-refractivity contribution in [3.8, 4) is 0 Å². The molecule has 5 heteroatoms. The van der Waals surface area contributed by atoms with Gasteiger partial charge in [0.25, 0.3) is 0 Å². The number of carbonyl (C=O) groups excluding carboxylic acids is 1. The quantitative estimate of drug-likeness (QED) is 0.767. The zero-order valence-corrected chi connectivity index (χ0v) is 9.91. The molecule has 1 heterocycles. The van der Waals surface area contributed by atoms with E-state index in [1.165, 1.54) is 12.8 Å². The first-order chi connectivity index (χ1) is 8.12. The number of ether oxygens (including phenoxy) is 1. The minimum atomic E-state index is -1.18. The Balaban J connectivity index is 1.89. The summed E-state index contributed by atoms with van der Waals surface area (Å²) in [5.41, 5.74) is -1.18. The third kappa shape index (κ3) is 2.77. The van der Waals surface area contributed by atoms with Crippen LogP contribution in [0.3, 0.4) is 0 Å². The highest BCUT2D eigenvalue weighted by atomic mass is 16.5. The summed E-state index contributed by atoms with van der Waals surface area (Å²) in [5, 5.41) is 11.8. The molecule has 2 fully saturated rings. The molecular weight excluding hydrogens is 222 g/mol. The van der Waals surface area contributed by atoms with Crippen LogP contribution in [0.1, 0.15) is 38.5 Å². The number of carbonyl (C=O) groups is 2. The molecule has 1 saturated carbocycles. The highest BCUT2D eigenvalue weighted by Gasteiger charge is 2.44. The van der Waals surface area contributed by atoms with E-state index in [0.717, 1.165) is 12.8 Å². The van der Waals surface area contributed by atoms with Crippen molar-refractivity contribution >= 4 is 11.9 Å². The Morgan fingerprint density at radius 3 is 2.59 bits per heavy atom. The Morgan fingerprint density at radius 1 is 1.35 bits per heavy atom. The van der Waals surface area contributed by atoms with Crippen molar-refractivity contribution in [1.82, 2.24) is 5.32 Å². The number of carboxylic acid groups (broad SMARTS) is 1. The van der Waals surface area contributed by atoms with Gasteiger partial charge in [-0.15, -0.1) is 0 Å². The highest BCUT2D eigenvalue weighted by Crippen LogP contribution is 2.28. The first kappa shape index (κ1) is 12.4. The van der Waals surface area contributed by atoms with E-state index in [4.69, 9.17) is 4.74 Å². The Labute approximate surface area is 101 Å². The van der Waals surface area contributed by atoms with Crippen LogP contribution in [-0.2, 0) is 14.3 Å². The van der Waals surface area contributed by atoms with Crippen LogP contribution in [0.5, 0.6) is 0 Å². The summed E-state index contributed by atoms with van der Waals surface area (Å²) in [5.74, 6) is -0.706. The van der Waals surface area contributed by atoms with Crippen molar-refractivity contribution in [3.63, 3.8) is 0 Å². The smallest absolute Gasteiger partial charge is 0.331 e. The summed E-state index contributed by atoms with van der Waals surface area (Å²) in [6.07, 6.45) is 5.36. The van der Waals surface area contributed by atoms with E-state index in [9.17, 15) is 14.7 Å². The first-order valence-corrected chi connectivity index (χ1v) is 6.24. The van der Waals surface area contributed by atoms with Crippen LogP contribution in [0.2, 0.25) is 0 Å². The maximum Gasteiger partial charge on any atom is 0.331 e. The van der Waals surface area contributed by atoms with E-state index in [2.05, 4.69) is 5.32 Å².